The number of benzene rings is 1. The average Bonchev–Trinajstić information content (AvgIpc) is 3.52. The first-order valence-corrected chi connectivity index (χ1v) is 11.7. The summed E-state index contributed by atoms with van der Waals surface area (Å²) in [6.45, 7) is 4.95. The Kier molecular flexibility index (Phi) is 5.48. The second-order valence-corrected chi connectivity index (χ2v) is 9.34. The number of pyridine rings is 1. The molecule has 1 N–H and O–H groups in total. The number of likely N-dealkylation sites (tertiary alicyclic amines) is 1. The molecule has 2 fully saturated rings. The van der Waals surface area contributed by atoms with Crippen molar-refractivity contribution in [1.82, 2.24) is 24.9 Å². The Morgan fingerprint density at radius 2 is 2.12 bits per heavy atom. The summed E-state index contributed by atoms with van der Waals surface area (Å²) in [5, 5.41) is 30.9. The van der Waals surface area contributed by atoms with Crippen LogP contribution in [0.25, 0.3) is 10.9 Å². The third-order valence-corrected chi connectivity index (χ3v) is 7.08. The maximum absolute atomic E-state index is 12.1. The Balaban J connectivity index is 1.64. The SMILES string of the molecule is CCc1nc2ccc(C(O)(c3cnnn3C)C3CN(C(C)=O)C3)cc2c(C#N)c1OCC1CC1. The summed E-state index contributed by atoms with van der Waals surface area (Å²) in [6.07, 6.45) is 4.51. The molecule has 1 atom stereocenters. The molecule has 34 heavy (non-hydrogen) atoms. The normalized spacial score (nSPS) is 17.8. The first-order chi connectivity index (χ1) is 16.4. The van der Waals surface area contributed by atoms with E-state index in [0.717, 1.165) is 18.5 Å². The van der Waals surface area contributed by atoms with Gasteiger partial charge in [-0.3, -0.25) is 4.79 Å². The highest BCUT2D eigenvalue weighted by Crippen LogP contribution is 2.43. The first-order valence-electron chi connectivity index (χ1n) is 11.7. The minimum Gasteiger partial charge on any atom is -0.490 e. The van der Waals surface area contributed by atoms with Crippen LogP contribution in [0.2, 0.25) is 0 Å². The molecule has 9 heteroatoms. The zero-order chi connectivity index (χ0) is 24.0. The van der Waals surface area contributed by atoms with E-state index in [1.165, 1.54) is 6.92 Å². The second-order valence-electron chi connectivity index (χ2n) is 9.34. The van der Waals surface area contributed by atoms with Gasteiger partial charge in [0.05, 0.1) is 29.7 Å². The summed E-state index contributed by atoms with van der Waals surface area (Å²) in [5.74, 6) is 0.813. The van der Waals surface area contributed by atoms with Crippen LogP contribution in [0.5, 0.6) is 5.75 Å². The number of aliphatic hydroxyl groups is 1. The Hall–Kier alpha value is -3.51. The largest absolute Gasteiger partial charge is 0.490 e. The van der Waals surface area contributed by atoms with Crippen LogP contribution < -0.4 is 4.74 Å². The lowest BCUT2D eigenvalue weighted by atomic mass is 9.74. The summed E-state index contributed by atoms with van der Waals surface area (Å²) in [7, 11) is 1.73. The number of ether oxygens (including phenoxy) is 1. The molecule has 9 nitrogen and oxygen atoms in total. The number of hydrogen-bond donors (Lipinski definition) is 1. The van der Waals surface area contributed by atoms with Crippen molar-refractivity contribution in [2.45, 2.75) is 38.7 Å². The van der Waals surface area contributed by atoms with Crippen LogP contribution in [0.4, 0.5) is 0 Å². The molecule has 1 amide bonds. The van der Waals surface area contributed by atoms with Crippen LogP contribution in [0, 0.1) is 23.2 Å². The number of aryl methyl sites for hydroxylation is 2. The minimum atomic E-state index is -1.44. The molecular formula is C25H28N6O3. The van der Waals surface area contributed by atoms with Gasteiger partial charge in [-0.05, 0) is 42.9 Å². The van der Waals surface area contributed by atoms with Gasteiger partial charge >= 0.3 is 0 Å². The molecule has 1 saturated carbocycles. The number of fused-ring (bicyclic) bond motifs is 1. The van der Waals surface area contributed by atoms with Crippen molar-refractivity contribution in [2.24, 2.45) is 18.9 Å². The predicted octanol–water partition coefficient (Wildman–Crippen LogP) is 2.30. The lowest BCUT2D eigenvalue weighted by Gasteiger charge is -2.47. The van der Waals surface area contributed by atoms with E-state index in [0.29, 0.717) is 65.5 Å². The van der Waals surface area contributed by atoms with Gasteiger partial charge in [0, 0.05) is 38.4 Å². The van der Waals surface area contributed by atoms with E-state index < -0.39 is 5.60 Å². The minimum absolute atomic E-state index is 0.0271. The van der Waals surface area contributed by atoms with Crippen LogP contribution >= 0.6 is 0 Å². The van der Waals surface area contributed by atoms with Gasteiger partial charge in [-0.1, -0.05) is 18.2 Å². The number of amides is 1. The summed E-state index contributed by atoms with van der Waals surface area (Å²) in [5.41, 5.74) is 1.58. The molecule has 3 aromatic rings. The Morgan fingerprint density at radius 3 is 2.71 bits per heavy atom. The number of rotatable bonds is 7. The fraction of sp³-hybridized carbons (Fsp3) is 0.480. The van der Waals surface area contributed by atoms with Crippen molar-refractivity contribution in [3.63, 3.8) is 0 Å². The molecule has 1 aliphatic carbocycles. The topological polar surface area (TPSA) is 117 Å². The van der Waals surface area contributed by atoms with Crippen molar-refractivity contribution >= 4 is 16.8 Å². The molecule has 2 aliphatic rings. The van der Waals surface area contributed by atoms with E-state index in [9.17, 15) is 15.2 Å². The smallest absolute Gasteiger partial charge is 0.219 e. The van der Waals surface area contributed by atoms with Crippen LogP contribution in [-0.2, 0) is 23.9 Å². The molecule has 176 valence electrons. The molecule has 1 aliphatic heterocycles. The molecule has 3 heterocycles. The fourth-order valence-electron chi connectivity index (χ4n) is 4.75. The summed E-state index contributed by atoms with van der Waals surface area (Å²) in [6, 6.07) is 7.84. The molecule has 5 rings (SSSR count). The highest BCUT2D eigenvalue weighted by Gasteiger charge is 2.49. The van der Waals surface area contributed by atoms with Gasteiger partial charge in [0.2, 0.25) is 5.91 Å². The van der Waals surface area contributed by atoms with E-state index in [2.05, 4.69) is 16.4 Å². The molecule has 0 radical (unpaired) electrons. The van der Waals surface area contributed by atoms with E-state index in [1.807, 2.05) is 25.1 Å². The van der Waals surface area contributed by atoms with E-state index in [-0.39, 0.29) is 11.8 Å². The van der Waals surface area contributed by atoms with Crippen LogP contribution in [0.15, 0.2) is 24.4 Å². The maximum atomic E-state index is 12.1. The van der Waals surface area contributed by atoms with Crippen molar-refractivity contribution in [1.29, 1.82) is 5.26 Å². The van der Waals surface area contributed by atoms with E-state index >= 15 is 0 Å². The molecule has 1 aromatic carbocycles. The van der Waals surface area contributed by atoms with Crippen LogP contribution in [-0.4, -0.2) is 55.6 Å². The first kappa shape index (κ1) is 22.3. The quantitative estimate of drug-likeness (QED) is 0.575. The summed E-state index contributed by atoms with van der Waals surface area (Å²) >= 11 is 0. The van der Waals surface area contributed by atoms with Gasteiger partial charge in [-0.15, -0.1) is 5.10 Å². The molecular weight excluding hydrogens is 432 g/mol. The standard InChI is InChI=1S/C25H28N6O3/c1-4-21-24(34-14-16-5-6-16)20(10-26)19-9-17(7-8-22(19)28-21)25(33,23-11-27-29-30(23)3)18-12-31(13-18)15(2)32/h7-9,11,16,18,33H,4-6,12-14H2,1-3H3. The van der Waals surface area contributed by atoms with E-state index in [1.54, 1.807) is 22.8 Å². The molecule has 0 spiro atoms. The van der Waals surface area contributed by atoms with Crippen molar-refractivity contribution in [3.8, 4) is 11.8 Å². The van der Waals surface area contributed by atoms with Crippen molar-refractivity contribution < 1.29 is 14.6 Å². The molecule has 1 saturated heterocycles. The van der Waals surface area contributed by atoms with Gasteiger partial charge < -0.3 is 14.7 Å². The van der Waals surface area contributed by atoms with Gasteiger partial charge in [0.15, 0.2) is 5.75 Å². The summed E-state index contributed by atoms with van der Waals surface area (Å²) in [4.78, 5) is 18.3. The van der Waals surface area contributed by atoms with Gasteiger partial charge in [-0.25, -0.2) is 9.67 Å². The Bertz CT molecular complexity index is 1300. The highest BCUT2D eigenvalue weighted by atomic mass is 16.5. The zero-order valence-corrected chi connectivity index (χ0v) is 19.7. The second kappa shape index (κ2) is 8.37. The number of aromatic nitrogens is 4. The lowest BCUT2D eigenvalue weighted by molar-refractivity contribution is -0.142. The Labute approximate surface area is 198 Å². The number of carbonyl (C=O) groups excluding carboxylic acids is 1. The maximum Gasteiger partial charge on any atom is 0.219 e. The predicted molar refractivity (Wildman–Crippen MR) is 124 cm³/mol. The monoisotopic (exact) mass is 460 g/mol. The van der Waals surface area contributed by atoms with Gasteiger partial charge in [0.1, 0.15) is 17.2 Å². The van der Waals surface area contributed by atoms with Crippen molar-refractivity contribution in [2.75, 3.05) is 19.7 Å². The van der Waals surface area contributed by atoms with E-state index in [4.69, 9.17) is 9.72 Å². The summed E-state index contributed by atoms with van der Waals surface area (Å²) < 4.78 is 7.65. The number of hydrogen-bond acceptors (Lipinski definition) is 7. The van der Waals surface area contributed by atoms with Crippen LogP contribution in [0.1, 0.15) is 49.2 Å². The lowest BCUT2D eigenvalue weighted by Crippen LogP contribution is -2.58. The van der Waals surface area contributed by atoms with Crippen molar-refractivity contribution in [3.05, 3.63) is 46.9 Å². The van der Waals surface area contributed by atoms with Gasteiger partial charge in [-0.2, -0.15) is 5.26 Å². The molecule has 2 aromatic heterocycles. The zero-order valence-electron chi connectivity index (χ0n) is 19.7. The molecule has 0 bridgehead atoms. The highest BCUT2D eigenvalue weighted by molar-refractivity contribution is 5.88. The molecule has 1 unspecified atom stereocenters. The average molecular weight is 461 g/mol. The number of nitrogens with zero attached hydrogens (tertiary/aromatic N) is 6. The Morgan fingerprint density at radius 1 is 1.35 bits per heavy atom. The number of carbonyl (C=O) groups is 1. The number of nitriles is 1. The third kappa shape index (κ3) is 3.59. The fourth-order valence-corrected chi connectivity index (χ4v) is 4.75. The van der Waals surface area contributed by atoms with Crippen LogP contribution in [0.3, 0.4) is 0 Å². The third-order valence-electron chi connectivity index (χ3n) is 7.08. The van der Waals surface area contributed by atoms with Gasteiger partial charge in [0.25, 0.3) is 0 Å².